The Morgan fingerprint density at radius 2 is 2.15 bits per heavy atom. The Bertz CT molecular complexity index is 463. The fourth-order valence-electron chi connectivity index (χ4n) is 2.51. The monoisotopic (exact) mass is 340 g/mol. The minimum Gasteiger partial charge on any atom is -0.355 e. The second-order valence-electron chi connectivity index (χ2n) is 5.36. The van der Waals surface area contributed by atoms with Crippen LogP contribution in [0.5, 0.6) is 0 Å². The first-order chi connectivity index (χ1) is 9.49. The Morgan fingerprint density at radius 1 is 1.40 bits per heavy atom. The highest BCUT2D eigenvalue weighted by atomic mass is 79.9. The van der Waals surface area contributed by atoms with Crippen LogP contribution >= 0.6 is 15.9 Å². The molecule has 110 valence electrons. The van der Waals surface area contributed by atoms with Gasteiger partial charge >= 0.3 is 6.03 Å². The summed E-state index contributed by atoms with van der Waals surface area (Å²) in [7, 11) is 5.46. The van der Waals surface area contributed by atoms with Gasteiger partial charge in [0.15, 0.2) is 0 Å². The summed E-state index contributed by atoms with van der Waals surface area (Å²) in [5, 5.41) is 0. The molecule has 0 aromatic carbocycles. The fourth-order valence-corrected chi connectivity index (χ4v) is 2.74. The molecule has 0 bridgehead atoms. The minimum atomic E-state index is 0.0561. The summed E-state index contributed by atoms with van der Waals surface area (Å²) in [5.41, 5.74) is 0. The number of hydrogen-bond donors (Lipinski definition) is 0. The van der Waals surface area contributed by atoms with Crippen molar-refractivity contribution in [2.45, 2.75) is 18.9 Å². The molecule has 5 nitrogen and oxygen atoms in total. The Hall–Kier alpha value is -1.30. The van der Waals surface area contributed by atoms with E-state index in [0.29, 0.717) is 0 Å². The summed E-state index contributed by atoms with van der Waals surface area (Å²) >= 11 is 3.40. The predicted octanol–water partition coefficient (Wildman–Crippen LogP) is 2.43. The van der Waals surface area contributed by atoms with Crippen molar-refractivity contribution in [1.29, 1.82) is 0 Å². The van der Waals surface area contributed by atoms with Gasteiger partial charge in [-0.25, -0.2) is 9.78 Å². The number of urea groups is 1. The van der Waals surface area contributed by atoms with Crippen molar-refractivity contribution >= 4 is 27.8 Å². The zero-order valence-electron chi connectivity index (χ0n) is 12.2. The number of carbonyl (C=O) groups is 1. The van der Waals surface area contributed by atoms with Gasteiger partial charge in [0.25, 0.3) is 0 Å². The summed E-state index contributed by atoms with van der Waals surface area (Å²) < 4.78 is 0.981. The maximum Gasteiger partial charge on any atom is 0.319 e. The number of nitrogens with zero attached hydrogens (tertiary/aromatic N) is 4. The molecule has 1 fully saturated rings. The third-order valence-corrected chi connectivity index (χ3v) is 4.13. The van der Waals surface area contributed by atoms with Crippen molar-refractivity contribution in [3.8, 4) is 0 Å². The van der Waals surface area contributed by atoms with E-state index in [9.17, 15) is 4.79 Å². The molecule has 0 spiro atoms. The van der Waals surface area contributed by atoms with Gasteiger partial charge in [0, 0.05) is 44.9 Å². The lowest BCUT2D eigenvalue weighted by atomic mass is 10.0. The predicted molar refractivity (Wildman–Crippen MR) is 84.0 cm³/mol. The van der Waals surface area contributed by atoms with Gasteiger partial charge in [-0.05, 0) is 40.9 Å². The number of halogens is 1. The third-order valence-electron chi connectivity index (χ3n) is 3.66. The van der Waals surface area contributed by atoms with Crippen molar-refractivity contribution in [1.82, 2.24) is 14.8 Å². The number of rotatable bonds is 2. The van der Waals surface area contributed by atoms with Gasteiger partial charge < -0.3 is 14.7 Å². The standard InChI is InChI=1S/C14H21BrN4O/c1-17(2)14(20)18(3)12-5-4-8-19(10-12)13-7-6-11(15)9-16-13/h6-7,9,12H,4-5,8,10H2,1-3H3. The molecule has 0 saturated carbocycles. The number of likely N-dealkylation sites (N-methyl/N-ethyl adjacent to an activating group) is 1. The lowest BCUT2D eigenvalue weighted by Gasteiger charge is -2.39. The van der Waals surface area contributed by atoms with E-state index in [2.05, 4.69) is 25.8 Å². The van der Waals surface area contributed by atoms with Crippen LogP contribution in [0.3, 0.4) is 0 Å². The van der Waals surface area contributed by atoms with E-state index in [1.165, 1.54) is 0 Å². The fraction of sp³-hybridized carbons (Fsp3) is 0.571. The Labute approximate surface area is 128 Å². The lowest BCUT2D eigenvalue weighted by molar-refractivity contribution is 0.157. The van der Waals surface area contributed by atoms with E-state index in [0.717, 1.165) is 36.2 Å². The zero-order chi connectivity index (χ0) is 14.7. The molecule has 2 amide bonds. The van der Waals surface area contributed by atoms with Gasteiger partial charge in [0.05, 0.1) is 6.04 Å². The average molecular weight is 341 g/mol. The topological polar surface area (TPSA) is 39.7 Å². The minimum absolute atomic E-state index is 0.0561. The van der Waals surface area contributed by atoms with Crippen LogP contribution in [0, 0.1) is 0 Å². The lowest BCUT2D eigenvalue weighted by Crippen LogP contribution is -2.51. The Balaban J connectivity index is 2.05. The summed E-state index contributed by atoms with van der Waals surface area (Å²) in [5.74, 6) is 0.976. The molecule has 1 aromatic rings. The second-order valence-corrected chi connectivity index (χ2v) is 6.28. The van der Waals surface area contributed by atoms with Crippen LogP contribution in [0.15, 0.2) is 22.8 Å². The first-order valence-corrected chi connectivity index (χ1v) is 7.59. The first-order valence-electron chi connectivity index (χ1n) is 6.79. The van der Waals surface area contributed by atoms with E-state index in [-0.39, 0.29) is 12.1 Å². The number of hydrogen-bond acceptors (Lipinski definition) is 3. The summed E-state index contributed by atoms with van der Waals surface area (Å²) in [6, 6.07) is 4.31. The van der Waals surface area contributed by atoms with Crippen LogP contribution in [-0.2, 0) is 0 Å². The van der Waals surface area contributed by atoms with Gasteiger partial charge in [0.2, 0.25) is 0 Å². The Kier molecular flexibility index (Phi) is 4.86. The number of amides is 2. The highest BCUT2D eigenvalue weighted by Crippen LogP contribution is 2.22. The molecule has 2 heterocycles. The van der Waals surface area contributed by atoms with Crippen molar-refractivity contribution in [2.24, 2.45) is 0 Å². The number of aromatic nitrogens is 1. The van der Waals surface area contributed by atoms with Crippen LogP contribution in [0.2, 0.25) is 0 Å². The van der Waals surface area contributed by atoms with E-state index >= 15 is 0 Å². The molecule has 0 N–H and O–H groups in total. The van der Waals surface area contributed by atoms with E-state index in [4.69, 9.17) is 0 Å². The molecule has 1 aromatic heterocycles. The van der Waals surface area contributed by atoms with Crippen LogP contribution in [0.4, 0.5) is 10.6 Å². The van der Waals surface area contributed by atoms with Crippen molar-refractivity contribution < 1.29 is 4.79 Å². The van der Waals surface area contributed by atoms with Crippen molar-refractivity contribution in [3.63, 3.8) is 0 Å². The van der Waals surface area contributed by atoms with Gasteiger partial charge in [0.1, 0.15) is 5.82 Å². The molecule has 20 heavy (non-hydrogen) atoms. The molecule has 1 aliphatic rings. The molecule has 0 radical (unpaired) electrons. The number of pyridine rings is 1. The summed E-state index contributed by atoms with van der Waals surface area (Å²) in [4.78, 5) is 22.2. The highest BCUT2D eigenvalue weighted by molar-refractivity contribution is 9.10. The van der Waals surface area contributed by atoms with Crippen LogP contribution < -0.4 is 4.90 Å². The third kappa shape index (κ3) is 3.42. The summed E-state index contributed by atoms with van der Waals surface area (Å²) in [6.07, 6.45) is 3.93. The summed E-state index contributed by atoms with van der Waals surface area (Å²) in [6.45, 7) is 1.83. The molecule has 6 heteroatoms. The van der Waals surface area contributed by atoms with Gasteiger partial charge in [-0.15, -0.1) is 0 Å². The molecular weight excluding hydrogens is 320 g/mol. The molecule has 1 aliphatic heterocycles. The Morgan fingerprint density at radius 3 is 2.75 bits per heavy atom. The van der Waals surface area contributed by atoms with Gasteiger partial charge in [-0.2, -0.15) is 0 Å². The molecule has 0 aliphatic carbocycles. The van der Waals surface area contributed by atoms with Crippen molar-refractivity contribution in [3.05, 3.63) is 22.8 Å². The zero-order valence-corrected chi connectivity index (χ0v) is 13.8. The maximum atomic E-state index is 12.0. The molecular formula is C14H21BrN4O. The van der Waals surface area contributed by atoms with Crippen LogP contribution in [-0.4, -0.2) is 61.1 Å². The maximum absolute atomic E-state index is 12.0. The first kappa shape index (κ1) is 15.1. The van der Waals surface area contributed by atoms with E-state index in [1.54, 1.807) is 19.0 Å². The molecule has 1 unspecified atom stereocenters. The van der Waals surface area contributed by atoms with Crippen LogP contribution in [0.1, 0.15) is 12.8 Å². The van der Waals surface area contributed by atoms with Crippen molar-refractivity contribution in [2.75, 3.05) is 39.1 Å². The molecule has 2 rings (SSSR count). The normalized spacial score (nSPS) is 18.8. The van der Waals surface area contributed by atoms with E-state index < -0.39 is 0 Å². The average Bonchev–Trinajstić information content (AvgIpc) is 2.46. The van der Waals surface area contributed by atoms with E-state index in [1.807, 2.05) is 30.3 Å². The molecule has 1 atom stereocenters. The SMILES string of the molecule is CN(C)C(=O)N(C)C1CCCN(c2ccc(Br)cn2)C1. The van der Waals surface area contributed by atoms with Crippen LogP contribution in [0.25, 0.3) is 0 Å². The highest BCUT2D eigenvalue weighted by Gasteiger charge is 2.27. The van der Waals surface area contributed by atoms with Gasteiger partial charge in [-0.1, -0.05) is 0 Å². The quantitative estimate of drug-likeness (QED) is 0.829. The number of anilines is 1. The van der Waals surface area contributed by atoms with Gasteiger partial charge in [-0.3, -0.25) is 0 Å². The number of carbonyl (C=O) groups excluding carboxylic acids is 1. The largest absolute Gasteiger partial charge is 0.355 e. The molecule has 1 saturated heterocycles. The number of piperidine rings is 1. The smallest absolute Gasteiger partial charge is 0.319 e. The second kappa shape index (κ2) is 6.43.